The number of hydrogen-bond acceptors (Lipinski definition) is 3. The molecule has 0 bridgehead atoms. The van der Waals surface area contributed by atoms with Gasteiger partial charge in [-0.25, -0.2) is 0 Å². The maximum absolute atomic E-state index is 12.2. The fraction of sp³-hybridized carbons (Fsp3) is 0.429. The topological polar surface area (TPSA) is 63.6 Å². The van der Waals surface area contributed by atoms with E-state index >= 15 is 0 Å². The Balaban J connectivity index is 3.06. The third kappa shape index (κ3) is 3.87. The van der Waals surface area contributed by atoms with E-state index in [0.29, 0.717) is 12.4 Å². The number of hydrogen-bond donors (Lipinski definition) is 1. The number of rotatable bonds is 6. The van der Waals surface area contributed by atoms with Gasteiger partial charge in [-0.1, -0.05) is 23.2 Å². The van der Waals surface area contributed by atoms with Crippen molar-refractivity contribution in [3.63, 3.8) is 0 Å². The quantitative estimate of drug-likeness (QED) is 0.803. The van der Waals surface area contributed by atoms with Crippen LogP contribution in [0.1, 0.15) is 37.6 Å². The first-order chi connectivity index (χ1) is 9.19. The maximum atomic E-state index is 12.2. The van der Waals surface area contributed by atoms with E-state index in [1.807, 2.05) is 0 Å². The van der Waals surface area contributed by atoms with Crippen LogP contribution in [0.4, 0.5) is 0 Å². The van der Waals surface area contributed by atoms with E-state index in [4.69, 9.17) is 33.0 Å². The van der Waals surface area contributed by atoms with Crippen molar-refractivity contribution < 1.29 is 19.4 Å². The summed E-state index contributed by atoms with van der Waals surface area (Å²) in [4.78, 5) is 23.2. The molecule has 0 aliphatic carbocycles. The van der Waals surface area contributed by atoms with Gasteiger partial charge in [0.2, 0.25) is 0 Å². The summed E-state index contributed by atoms with van der Waals surface area (Å²) in [7, 11) is 0. The number of halogens is 2. The van der Waals surface area contributed by atoms with E-state index in [-0.39, 0.29) is 27.8 Å². The molecule has 6 heteroatoms. The van der Waals surface area contributed by atoms with Gasteiger partial charge < -0.3 is 9.84 Å². The summed E-state index contributed by atoms with van der Waals surface area (Å²) in [6.45, 7) is 5.20. The molecule has 0 saturated carbocycles. The van der Waals surface area contributed by atoms with Gasteiger partial charge in [-0.2, -0.15) is 0 Å². The second kappa shape index (κ2) is 6.46. The second-order valence-corrected chi connectivity index (χ2v) is 5.80. The number of Topliss-reactive ketones (excluding diaryl/α,β-unsaturated/α-hetero) is 1. The van der Waals surface area contributed by atoms with Gasteiger partial charge in [0.1, 0.15) is 5.75 Å². The fourth-order valence-electron chi connectivity index (χ4n) is 1.58. The minimum atomic E-state index is -1.16. The lowest BCUT2D eigenvalue weighted by molar-refractivity contribution is -0.146. The van der Waals surface area contributed by atoms with Crippen LogP contribution < -0.4 is 4.74 Å². The van der Waals surface area contributed by atoms with Crippen LogP contribution in [-0.2, 0) is 4.79 Å². The molecule has 0 fully saturated rings. The molecule has 0 unspecified atom stereocenters. The van der Waals surface area contributed by atoms with Crippen LogP contribution in [0.5, 0.6) is 5.75 Å². The lowest BCUT2D eigenvalue weighted by Gasteiger charge is -2.18. The van der Waals surface area contributed by atoms with Gasteiger partial charge in [0.15, 0.2) is 5.78 Å². The first-order valence-electron chi connectivity index (χ1n) is 6.07. The van der Waals surface area contributed by atoms with E-state index in [1.54, 1.807) is 6.92 Å². The summed E-state index contributed by atoms with van der Waals surface area (Å²) in [5.74, 6) is -1.01. The molecule has 0 aliphatic heterocycles. The van der Waals surface area contributed by atoms with Crippen molar-refractivity contribution in [3.05, 3.63) is 27.7 Å². The molecule has 0 spiro atoms. The highest BCUT2D eigenvalue weighted by atomic mass is 35.5. The summed E-state index contributed by atoms with van der Waals surface area (Å²) < 4.78 is 5.27. The van der Waals surface area contributed by atoms with Crippen molar-refractivity contribution in [2.24, 2.45) is 5.41 Å². The Kier molecular flexibility index (Phi) is 5.42. The highest BCUT2D eigenvalue weighted by molar-refractivity contribution is 6.36. The molecule has 0 aromatic heterocycles. The van der Waals surface area contributed by atoms with Gasteiger partial charge in [-0.05, 0) is 26.8 Å². The predicted octanol–water partition coefficient (Wildman–Crippen LogP) is 4.08. The highest BCUT2D eigenvalue weighted by Crippen LogP contribution is 2.33. The number of benzene rings is 1. The lowest BCUT2D eigenvalue weighted by atomic mass is 9.85. The molecule has 1 aromatic carbocycles. The van der Waals surface area contributed by atoms with Gasteiger partial charge in [0, 0.05) is 18.1 Å². The Morgan fingerprint density at radius 3 is 2.35 bits per heavy atom. The average molecular weight is 319 g/mol. The highest BCUT2D eigenvalue weighted by Gasteiger charge is 2.31. The Labute approximate surface area is 127 Å². The second-order valence-electron chi connectivity index (χ2n) is 4.98. The van der Waals surface area contributed by atoms with Crippen molar-refractivity contribution in [2.45, 2.75) is 27.2 Å². The molecule has 0 amide bonds. The van der Waals surface area contributed by atoms with Gasteiger partial charge in [-0.3, -0.25) is 9.59 Å². The maximum Gasteiger partial charge on any atom is 0.309 e. The number of carboxylic acids is 1. The largest absolute Gasteiger partial charge is 0.492 e. The lowest BCUT2D eigenvalue weighted by Crippen LogP contribution is -2.27. The van der Waals surface area contributed by atoms with Crippen LogP contribution in [-0.4, -0.2) is 23.5 Å². The molecule has 0 saturated heterocycles. The van der Waals surface area contributed by atoms with Crippen LogP contribution in [0, 0.1) is 5.41 Å². The van der Waals surface area contributed by atoms with Gasteiger partial charge in [-0.15, -0.1) is 0 Å². The van der Waals surface area contributed by atoms with Gasteiger partial charge in [0.05, 0.1) is 22.1 Å². The molecular formula is C14H16Cl2O4. The van der Waals surface area contributed by atoms with Crippen LogP contribution in [0.15, 0.2) is 12.1 Å². The zero-order valence-electron chi connectivity index (χ0n) is 11.5. The smallest absolute Gasteiger partial charge is 0.309 e. The number of carbonyl (C=O) groups excluding carboxylic acids is 1. The van der Waals surface area contributed by atoms with Crippen LogP contribution in [0.2, 0.25) is 10.0 Å². The normalized spacial score (nSPS) is 11.2. The molecule has 0 heterocycles. The Morgan fingerprint density at radius 2 is 1.85 bits per heavy atom. The molecule has 0 aliphatic rings. The Bertz CT molecular complexity index is 538. The summed E-state index contributed by atoms with van der Waals surface area (Å²) in [6, 6.07) is 2.88. The minimum Gasteiger partial charge on any atom is -0.492 e. The molecule has 20 heavy (non-hydrogen) atoms. The van der Waals surface area contributed by atoms with Gasteiger partial charge in [0.25, 0.3) is 0 Å². The summed E-state index contributed by atoms with van der Waals surface area (Å²) in [5.41, 5.74) is -0.958. The first kappa shape index (κ1) is 16.8. The van der Waals surface area contributed by atoms with Crippen LogP contribution >= 0.6 is 23.2 Å². The number of ketones is 1. The zero-order chi connectivity index (χ0) is 15.5. The minimum absolute atomic E-state index is 0.160. The molecule has 4 nitrogen and oxygen atoms in total. The van der Waals surface area contributed by atoms with Crippen molar-refractivity contribution in [1.82, 2.24) is 0 Å². The van der Waals surface area contributed by atoms with Crippen molar-refractivity contribution in [3.8, 4) is 5.75 Å². The summed E-state index contributed by atoms with van der Waals surface area (Å²) in [5, 5.41) is 9.51. The van der Waals surface area contributed by atoms with E-state index in [9.17, 15) is 9.59 Å². The molecule has 1 N–H and O–H groups in total. The third-order valence-corrected chi connectivity index (χ3v) is 3.41. The summed E-state index contributed by atoms with van der Waals surface area (Å²) >= 11 is 12.0. The number of aliphatic carboxylic acids is 1. The number of carboxylic acid groups (broad SMARTS) is 1. The molecular weight excluding hydrogens is 303 g/mol. The van der Waals surface area contributed by atoms with E-state index < -0.39 is 11.4 Å². The molecule has 0 radical (unpaired) electrons. The zero-order valence-corrected chi connectivity index (χ0v) is 13.0. The third-order valence-electron chi connectivity index (χ3n) is 2.80. The van der Waals surface area contributed by atoms with Crippen LogP contribution in [0.3, 0.4) is 0 Å². The SMILES string of the molecule is CCOc1cc(Cl)c(C(=O)CC(C)(C)C(=O)O)cc1Cl. The Hall–Kier alpha value is -1.26. The molecule has 0 atom stereocenters. The molecule has 1 aromatic rings. The van der Waals surface area contributed by atoms with E-state index in [2.05, 4.69) is 0 Å². The first-order valence-corrected chi connectivity index (χ1v) is 6.83. The van der Waals surface area contributed by atoms with Crippen molar-refractivity contribution in [2.75, 3.05) is 6.61 Å². The van der Waals surface area contributed by atoms with Gasteiger partial charge >= 0.3 is 5.97 Å². The van der Waals surface area contributed by atoms with E-state index in [0.717, 1.165) is 0 Å². The Morgan fingerprint density at radius 1 is 1.25 bits per heavy atom. The molecule has 110 valence electrons. The van der Waals surface area contributed by atoms with E-state index in [1.165, 1.54) is 26.0 Å². The van der Waals surface area contributed by atoms with Crippen molar-refractivity contribution in [1.29, 1.82) is 0 Å². The fourth-order valence-corrected chi connectivity index (χ4v) is 2.06. The average Bonchev–Trinajstić information content (AvgIpc) is 2.32. The van der Waals surface area contributed by atoms with Crippen LogP contribution in [0.25, 0.3) is 0 Å². The van der Waals surface area contributed by atoms with Crippen molar-refractivity contribution >= 4 is 35.0 Å². The molecule has 1 rings (SSSR count). The number of carbonyl (C=O) groups is 2. The standard InChI is InChI=1S/C14H16Cl2O4/c1-4-20-12-6-9(15)8(5-10(12)16)11(17)7-14(2,3)13(18)19/h5-6H,4,7H2,1-3H3,(H,18,19). The monoisotopic (exact) mass is 318 g/mol. The number of ether oxygens (including phenoxy) is 1. The predicted molar refractivity (Wildman–Crippen MR) is 78.0 cm³/mol. The summed E-state index contributed by atoms with van der Waals surface area (Å²) in [6.07, 6.45) is -0.160.